The number of carboxylic acid groups (broad SMARTS) is 1. The summed E-state index contributed by atoms with van der Waals surface area (Å²) in [6.45, 7) is 1.52. The van der Waals surface area contributed by atoms with Crippen LogP contribution in [0.4, 0.5) is 0 Å². The molecule has 3 unspecified atom stereocenters. The van der Waals surface area contributed by atoms with Crippen LogP contribution in [0.25, 0.3) is 0 Å². The second-order valence-electron chi connectivity index (χ2n) is 2.58. The van der Waals surface area contributed by atoms with Gasteiger partial charge in [0.25, 0.3) is 5.78 Å². The second kappa shape index (κ2) is 4.90. The van der Waals surface area contributed by atoms with E-state index in [1.807, 2.05) is 0 Å². The van der Waals surface area contributed by atoms with Crippen molar-refractivity contribution in [3.63, 3.8) is 0 Å². The first-order valence-corrected chi connectivity index (χ1v) is 3.73. The van der Waals surface area contributed by atoms with Crippen molar-refractivity contribution in [3.05, 3.63) is 0 Å². The predicted molar refractivity (Wildman–Crippen MR) is 41.0 cm³/mol. The molecule has 76 valence electrons. The van der Waals surface area contributed by atoms with Crippen molar-refractivity contribution < 1.29 is 30.0 Å². The number of ketones is 1. The van der Waals surface area contributed by atoms with Gasteiger partial charge < -0.3 is 20.4 Å². The first-order valence-electron chi connectivity index (χ1n) is 3.73. The normalized spacial score (nSPS) is 17.5. The van der Waals surface area contributed by atoms with E-state index in [1.165, 1.54) is 6.92 Å². The molecule has 0 saturated heterocycles. The minimum Gasteiger partial charge on any atom is -0.475 e. The highest BCUT2D eigenvalue weighted by atomic mass is 16.4. The molecule has 0 aliphatic rings. The molecule has 0 aromatic carbocycles. The zero-order chi connectivity index (χ0) is 10.6. The molecule has 0 spiro atoms. The van der Waals surface area contributed by atoms with Crippen molar-refractivity contribution in [1.29, 1.82) is 0 Å². The first kappa shape index (κ1) is 12.0. The van der Waals surface area contributed by atoms with Gasteiger partial charge in [-0.25, -0.2) is 4.79 Å². The molecule has 6 nitrogen and oxygen atoms in total. The molecular formula is C7H12O6. The van der Waals surface area contributed by atoms with Gasteiger partial charge in [0.2, 0.25) is 0 Å². The number of carboxylic acids is 1. The molecule has 6 heteroatoms. The van der Waals surface area contributed by atoms with Crippen molar-refractivity contribution in [1.82, 2.24) is 0 Å². The third-order valence-corrected chi connectivity index (χ3v) is 1.62. The molecule has 3 atom stereocenters. The molecule has 0 aromatic rings. The maximum atomic E-state index is 10.6. The Morgan fingerprint density at radius 2 is 1.69 bits per heavy atom. The van der Waals surface area contributed by atoms with Gasteiger partial charge in [-0.05, 0) is 6.42 Å². The summed E-state index contributed by atoms with van der Waals surface area (Å²) >= 11 is 0. The van der Waals surface area contributed by atoms with Gasteiger partial charge in [0.05, 0.1) is 6.10 Å². The summed E-state index contributed by atoms with van der Waals surface area (Å²) in [5.41, 5.74) is 0. The third kappa shape index (κ3) is 3.10. The molecule has 0 rings (SSSR count). The molecule has 0 saturated carbocycles. The molecule has 0 radical (unpaired) electrons. The highest BCUT2D eigenvalue weighted by Gasteiger charge is 2.32. The van der Waals surface area contributed by atoms with E-state index in [9.17, 15) is 9.59 Å². The quantitative estimate of drug-likeness (QED) is 0.379. The molecular weight excluding hydrogens is 180 g/mol. The topological polar surface area (TPSA) is 115 Å². The number of aliphatic carboxylic acids is 1. The molecule has 0 fully saturated rings. The van der Waals surface area contributed by atoms with Crippen LogP contribution in [0.5, 0.6) is 0 Å². The zero-order valence-electron chi connectivity index (χ0n) is 7.04. The Hall–Kier alpha value is -0.980. The Labute approximate surface area is 74.4 Å². The van der Waals surface area contributed by atoms with Crippen molar-refractivity contribution in [2.24, 2.45) is 0 Å². The maximum absolute atomic E-state index is 10.6. The number of aliphatic hydroxyl groups excluding tert-OH is 3. The van der Waals surface area contributed by atoms with Crippen molar-refractivity contribution in [2.75, 3.05) is 0 Å². The van der Waals surface area contributed by atoms with Gasteiger partial charge in [0.15, 0.2) is 6.10 Å². The highest BCUT2D eigenvalue weighted by molar-refractivity contribution is 6.34. The predicted octanol–water partition coefficient (Wildman–Crippen LogP) is -1.87. The molecule has 13 heavy (non-hydrogen) atoms. The largest absolute Gasteiger partial charge is 0.475 e. The fraction of sp³-hybridized carbons (Fsp3) is 0.714. The number of rotatable bonds is 5. The van der Waals surface area contributed by atoms with E-state index in [-0.39, 0.29) is 6.42 Å². The summed E-state index contributed by atoms with van der Waals surface area (Å²) in [5, 5.41) is 35.1. The first-order chi connectivity index (χ1) is 5.91. The standard InChI is InChI=1S/C7H12O6/c1-2-3(8)4(9)5(10)6(11)7(12)13/h3-5,8-10H,2H2,1H3,(H,12,13). The number of Topliss-reactive ketones (excluding diaryl/α,β-unsaturated/α-hetero) is 1. The van der Waals surface area contributed by atoms with E-state index in [0.717, 1.165) is 0 Å². The number of carbonyl (C=O) groups excluding carboxylic acids is 1. The van der Waals surface area contributed by atoms with Gasteiger partial charge >= 0.3 is 5.97 Å². The smallest absolute Gasteiger partial charge is 0.375 e. The highest BCUT2D eigenvalue weighted by Crippen LogP contribution is 2.04. The molecule has 0 aliphatic heterocycles. The van der Waals surface area contributed by atoms with E-state index in [0.29, 0.717) is 0 Å². The fourth-order valence-electron chi connectivity index (χ4n) is 0.734. The maximum Gasteiger partial charge on any atom is 0.375 e. The van der Waals surface area contributed by atoms with Crippen LogP contribution in [-0.4, -0.2) is 50.5 Å². The van der Waals surface area contributed by atoms with Crippen LogP contribution >= 0.6 is 0 Å². The van der Waals surface area contributed by atoms with Crippen molar-refractivity contribution in [2.45, 2.75) is 31.7 Å². The molecule has 0 aliphatic carbocycles. The van der Waals surface area contributed by atoms with E-state index in [1.54, 1.807) is 0 Å². The van der Waals surface area contributed by atoms with Crippen LogP contribution in [0, 0.1) is 0 Å². The molecule has 0 bridgehead atoms. The van der Waals surface area contributed by atoms with Gasteiger partial charge in [-0.1, -0.05) is 6.92 Å². The van der Waals surface area contributed by atoms with E-state index in [4.69, 9.17) is 20.4 Å². The van der Waals surface area contributed by atoms with Gasteiger partial charge in [-0.3, -0.25) is 4.79 Å². The number of hydrogen-bond acceptors (Lipinski definition) is 5. The van der Waals surface area contributed by atoms with E-state index < -0.39 is 30.1 Å². The number of aliphatic hydroxyl groups is 3. The average Bonchev–Trinajstić information content (AvgIpc) is 2.12. The Kier molecular flexibility index (Phi) is 4.53. The number of carbonyl (C=O) groups is 2. The van der Waals surface area contributed by atoms with Crippen LogP contribution in [-0.2, 0) is 9.59 Å². The summed E-state index contributed by atoms with van der Waals surface area (Å²) in [4.78, 5) is 20.6. The fourth-order valence-corrected chi connectivity index (χ4v) is 0.734. The van der Waals surface area contributed by atoms with Crippen LogP contribution in [0.2, 0.25) is 0 Å². The Morgan fingerprint density at radius 3 is 2.00 bits per heavy atom. The summed E-state index contributed by atoms with van der Waals surface area (Å²) in [6, 6.07) is 0. The van der Waals surface area contributed by atoms with Gasteiger partial charge in [0.1, 0.15) is 6.10 Å². The van der Waals surface area contributed by atoms with Gasteiger partial charge in [-0.2, -0.15) is 0 Å². The molecule has 0 amide bonds. The Bertz CT molecular complexity index is 201. The van der Waals surface area contributed by atoms with Crippen LogP contribution in [0.3, 0.4) is 0 Å². The molecule has 4 N–H and O–H groups in total. The minimum atomic E-state index is -2.08. The van der Waals surface area contributed by atoms with Crippen molar-refractivity contribution >= 4 is 11.8 Å². The Morgan fingerprint density at radius 1 is 1.23 bits per heavy atom. The number of hydrogen-bond donors (Lipinski definition) is 4. The lowest BCUT2D eigenvalue weighted by atomic mass is 10.0. The summed E-state index contributed by atoms with van der Waals surface area (Å²) < 4.78 is 0. The summed E-state index contributed by atoms with van der Waals surface area (Å²) in [5.74, 6) is -3.37. The average molecular weight is 192 g/mol. The summed E-state index contributed by atoms with van der Waals surface area (Å²) in [7, 11) is 0. The summed E-state index contributed by atoms with van der Waals surface area (Å²) in [6.07, 6.45) is -5.02. The van der Waals surface area contributed by atoms with Crippen LogP contribution in [0.1, 0.15) is 13.3 Å². The zero-order valence-corrected chi connectivity index (χ0v) is 7.04. The van der Waals surface area contributed by atoms with Crippen LogP contribution < -0.4 is 0 Å². The lowest BCUT2D eigenvalue weighted by molar-refractivity contribution is -0.158. The van der Waals surface area contributed by atoms with Crippen LogP contribution in [0.15, 0.2) is 0 Å². The second-order valence-corrected chi connectivity index (χ2v) is 2.58. The van der Waals surface area contributed by atoms with Gasteiger partial charge in [0, 0.05) is 0 Å². The monoisotopic (exact) mass is 192 g/mol. The molecule has 0 aromatic heterocycles. The Balaban J connectivity index is 4.33. The minimum absolute atomic E-state index is 0.116. The lowest BCUT2D eigenvalue weighted by Gasteiger charge is -2.19. The lowest BCUT2D eigenvalue weighted by Crippen LogP contribution is -2.44. The molecule has 0 heterocycles. The van der Waals surface area contributed by atoms with E-state index >= 15 is 0 Å². The van der Waals surface area contributed by atoms with Gasteiger partial charge in [-0.15, -0.1) is 0 Å². The van der Waals surface area contributed by atoms with E-state index in [2.05, 4.69) is 0 Å². The third-order valence-electron chi connectivity index (χ3n) is 1.62. The SMILES string of the molecule is CCC(O)C(O)C(O)C(=O)C(=O)O. The van der Waals surface area contributed by atoms with Crippen molar-refractivity contribution in [3.8, 4) is 0 Å².